The molecule has 1 heterocycles. The van der Waals surface area contributed by atoms with E-state index in [4.69, 9.17) is 16.9 Å². The van der Waals surface area contributed by atoms with Crippen LogP contribution in [0.15, 0.2) is 30.3 Å². The number of hydrogen-bond donors (Lipinski definition) is 1. The maximum Gasteiger partial charge on any atom is 0.357 e. The number of rotatable bonds is 2. The molecule has 0 unspecified atom stereocenters. The number of carboxylic acid groups (broad SMARTS) is 1. The third-order valence-electron chi connectivity index (χ3n) is 2.33. The summed E-state index contributed by atoms with van der Waals surface area (Å²) in [4.78, 5) is 11.0. The lowest BCUT2D eigenvalue weighted by molar-refractivity contribution is 0.0691. The molecule has 0 spiro atoms. The van der Waals surface area contributed by atoms with Crippen LogP contribution in [0.1, 0.15) is 16.2 Å². The van der Waals surface area contributed by atoms with Crippen LogP contribution in [0.3, 0.4) is 0 Å². The minimum absolute atomic E-state index is 0.0290. The second-order valence-electron chi connectivity index (χ2n) is 3.34. The van der Waals surface area contributed by atoms with E-state index in [2.05, 4.69) is 5.10 Å². The zero-order valence-electron chi connectivity index (χ0n) is 8.51. The van der Waals surface area contributed by atoms with Gasteiger partial charge in [-0.1, -0.05) is 30.3 Å². The van der Waals surface area contributed by atoms with Crippen molar-refractivity contribution in [1.82, 2.24) is 9.30 Å². The Hall–Kier alpha value is -1.81. The van der Waals surface area contributed by atoms with Crippen LogP contribution in [0.5, 0.6) is 0 Å². The highest BCUT2D eigenvalue weighted by Crippen LogP contribution is 2.27. The molecule has 82 valence electrons. The Morgan fingerprint density at radius 3 is 2.56 bits per heavy atom. The lowest BCUT2D eigenvalue weighted by Gasteiger charge is -2.00. The van der Waals surface area contributed by atoms with E-state index in [1.54, 1.807) is 6.92 Å². The molecule has 1 aromatic heterocycles. The van der Waals surface area contributed by atoms with Gasteiger partial charge < -0.3 is 5.11 Å². The molecule has 0 aliphatic rings. The number of benzene rings is 1. The summed E-state index contributed by atoms with van der Waals surface area (Å²) in [7, 11) is 0. The highest BCUT2D eigenvalue weighted by atomic mass is 35.5. The quantitative estimate of drug-likeness (QED) is 0.872. The number of carboxylic acids is 1. The maximum absolute atomic E-state index is 11.0. The van der Waals surface area contributed by atoms with Crippen LogP contribution < -0.4 is 0 Å². The molecule has 0 radical (unpaired) electrons. The zero-order chi connectivity index (χ0) is 11.7. The van der Waals surface area contributed by atoms with E-state index in [-0.39, 0.29) is 5.69 Å². The molecule has 0 atom stereocenters. The van der Waals surface area contributed by atoms with E-state index >= 15 is 0 Å². The second kappa shape index (κ2) is 3.98. The summed E-state index contributed by atoms with van der Waals surface area (Å²) in [6, 6.07) is 9.20. The van der Waals surface area contributed by atoms with Gasteiger partial charge in [0.25, 0.3) is 0 Å². The van der Waals surface area contributed by atoms with Crippen LogP contribution in [0.25, 0.3) is 11.1 Å². The van der Waals surface area contributed by atoms with Gasteiger partial charge in [-0.3, -0.25) is 0 Å². The molecule has 0 saturated heterocycles. The van der Waals surface area contributed by atoms with Crippen molar-refractivity contribution >= 4 is 17.7 Å². The van der Waals surface area contributed by atoms with Crippen molar-refractivity contribution in [3.05, 3.63) is 41.7 Å². The van der Waals surface area contributed by atoms with E-state index in [9.17, 15) is 4.79 Å². The third kappa shape index (κ3) is 1.67. The number of carbonyl (C=O) groups is 1. The Bertz CT molecular complexity index is 534. The zero-order valence-corrected chi connectivity index (χ0v) is 9.27. The summed E-state index contributed by atoms with van der Waals surface area (Å²) in [6.45, 7) is 1.73. The molecule has 16 heavy (non-hydrogen) atoms. The van der Waals surface area contributed by atoms with E-state index < -0.39 is 5.97 Å². The van der Waals surface area contributed by atoms with E-state index in [1.807, 2.05) is 30.3 Å². The van der Waals surface area contributed by atoms with Crippen molar-refractivity contribution in [3.63, 3.8) is 0 Å². The molecule has 2 rings (SSSR count). The lowest BCUT2D eigenvalue weighted by Crippen LogP contribution is -1.99. The first kappa shape index (κ1) is 10.7. The number of hydrogen-bond acceptors (Lipinski definition) is 2. The molecule has 5 heteroatoms. The molecule has 0 amide bonds. The maximum atomic E-state index is 11.0. The predicted octanol–water partition coefficient (Wildman–Crippen LogP) is 2.56. The highest BCUT2D eigenvalue weighted by Gasteiger charge is 2.20. The van der Waals surface area contributed by atoms with Gasteiger partial charge in [-0.25, -0.2) is 4.79 Å². The van der Waals surface area contributed by atoms with Crippen LogP contribution in [0, 0.1) is 6.92 Å². The first-order chi connectivity index (χ1) is 7.61. The van der Waals surface area contributed by atoms with E-state index in [1.165, 1.54) is 0 Å². The number of aromatic carboxylic acids is 1. The van der Waals surface area contributed by atoms with E-state index in [0.29, 0.717) is 11.3 Å². The number of nitrogens with zero attached hydrogens (tertiary/aromatic N) is 2. The van der Waals surface area contributed by atoms with Crippen molar-refractivity contribution in [2.24, 2.45) is 0 Å². The average Bonchev–Trinajstić information content (AvgIpc) is 2.57. The van der Waals surface area contributed by atoms with Gasteiger partial charge in [-0.2, -0.15) is 4.20 Å². The SMILES string of the molecule is Cc1c(-c2ccccc2)c(C(=O)O)nn1Cl. The molecule has 0 aliphatic carbocycles. The summed E-state index contributed by atoms with van der Waals surface area (Å²) in [5, 5.41) is 12.8. The Morgan fingerprint density at radius 1 is 1.38 bits per heavy atom. The minimum atomic E-state index is -1.08. The van der Waals surface area contributed by atoms with Crippen LogP contribution >= 0.6 is 11.8 Å². The molecule has 2 aromatic rings. The lowest BCUT2D eigenvalue weighted by atomic mass is 10.0. The molecule has 0 saturated carbocycles. The summed E-state index contributed by atoms with van der Waals surface area (Å²) < 4.78 is 1.06. The van der Waals surface area contributed by atoms with Crippen LogP contribution in [-0.4, -0.2) is 20.4 Å². The van der Waals surface area contributed by atoms with Crippen LogP contribution in [0.4, 0.5) is 0 Å². The largest absolute Gasteiger partial charge is 0.476 e. The summed E-state index contributed by atoms with van der Waals surface area (Å²) in [5.41, 5.74) is 1.94. The molecule has 0 fully saturated rings. The van der Waals surface area contributed by atoms with Crippen molar-refractivity contribution in [3.8, 4) is 11.1 Å². The Morgan fingerprint density at radius 2 is 2.00 bits per heavy atom. The van der Waals surface area contributed by atoms with Crippen molar-refractivity contribution in [2.75, 3.05) is 0 Å². The summed E-state index contributed by atoms with van der Waals surface area (Å²) >= 11 is 5.77. The standard InChI is InChI=1S/C11H9ClN2O2/c1-7-9(8-5-3-2-4-6-8)10(11(15)16)13-14(7)12/h2-6H,1H3,(H,15,16). The first-order valence-corrected chi connectivity index (χ1v) is 4.99. The minimum Gasteiger partial charge on any atom is -0.476 e. The van der Waals surface area contributed by atoms with Crippen molar-refractivity contribution < 1.29 is 9.90 Å². The van der Waals surface area contributed by atoms with Gasteiger partial charge in [0.2, 0.25) is 0 Å². The molecule has 4 nitrogen and oxygen atoms in total. The normalized spacial score (nSPS) is 10.4. The van der Waals surface area contributed by atoms with Crippen LogP contribution in [0.2, 0.25) is 0 Å². The molecular formula is C11H9ClN2O2. The fraction of sp³-hybridized carbons (Fsp3) is 0.0909. The van der Waals surface area contributed by atoms with Gasteiger partial charge in [0.05, 0.1) is 5.69 Å². The third-order valence-corrected chi connectivity index (χ3v) is 2.66. The number of halogens is 1. The fourth-order valence-electron chi connectivity index (χ4n) is 1.58. The van der Waals surface area contributed by atoms with Crippen molar-refractivity contribution in [2.45, 2.75) is 6.92 Å². The monoisotopic (exact) mass is 236 g/mol. The van der Waals surface area contributed by atoms with Gasteiger partial charge in [0.1, 0.15) is 0 Å². The average molecular weight is 237 g/mol. The van der Waals surface area contributed by atoms with Gasteiger partial charge >= 0.3 is 5.97 Å². The fourth-order valence-corrected chi connectivity index (χ4v) is 1.74. The Kier molecular flexibility index (Phi) is 2.66. The molecule has 1 aromatic carbocycles. The molecule has 0 bridgehead atoms. The van der Waals surface area contributed by atoms with Gasteiger partial charge in [0.15, 0.2) is 5.69 Å². The van der Waals surface area contributed by atoms with E-state index in [0.717, 1.165) is 9.76 Å². The highest BCUT2D eigenvalue weighted by molar-refractivity contribution is 6.16. The summed E-state index contributed by atoms with van der Waals surface area (Å²) in [6.07, 6.45) is 0. The Balaban J connectivity index is 2.68. The van der Waals surface area contributed by atoms with Gasteiger partial charge in [-0.05, 0) is 12.5 Å². The second-order valence-corrected chi connectivity index (χ2v) is 3.66. The van der Waals surface area contributed by atoms with Gasteiger partial charge in [-0.15, -0.1) is 5.10 Å². The van der Waals surface area contributed by atoms with Crippen LogP contribution in [-0.2, 0) is 0 Å². The molecule has 0 aliphatic heterocycles. The Labute approximate surface area is 97.2 Å². The molecular weight excluding hydrogens is 228 g/mol. The predicted molar refractivity (Wildman–Crippen MR) is 60.6 cm³/mol. The summed E-state index contributed by atoms with van der Waals surface area (Å²) in [5.74, 6) is -1.08. The van der Waals surface area contributed by atoms with Crippen molar-refractivity contribution in [1.29, 1.82) is 0 Å². The smallest absolute Gasteiger partial charge is 0.357 e. The molecule has 1 N–H and O–H groups in total. The number of aromatic nitrogens is 2. The van der Waals surface area contributed by atoms with Gasteiger partial charge in [0, 0.05) is 17.3 Å². The first-order valence-electron chi connectivity index (χ1n) is 4.65. The topological polar surface area (TPSA) is 55.1 Å².